The van der Waals surface area contributed by atoms with Crippen molar-refractivity contribution in [3.05, 3.63) is 63.2 Å². The van der Waals surface area contributed by atoms with Crippen LogP contribution in [0, 0.1) is 0 Å². The predicted molar refractivity (Wildman–Crippen MR) is 122 cm³/mol. The van der Waals surface area contributed by atoms with Crippen LogP contribution < -0.4 is 5.32 Å². The van der Waals surface area contributed by atoms with Gasteiger partial charge in [0.2, 0.25) is 5.91 Å². The third-order valence-corrected chi connectivity index (χ3v) is 7.29. The number of piperidine rings is 1. The van der Waals surface area contributed by atoms with Gasteiger partial charge in [-0.15, -0.1) is 0 Å². The smallest absolute Gasteiger partial charge is 0.270 e. The van der Waals surface area contributed by atoms with E-state index in [0.717, 1.165) is 33.9 Å². The molecule has 0 saturated carbocycles. The maximum absolute atomic E-state index is 13.3. The number of nitrogens with one attached hydrogen (secondary N) is 1. The molecule has 0 radical (unpaired) electrons. The molecule has 154 valence electrons. The molecule has 30 heavy (non-hydrogen) atoms. The number of hydrogen-bond donors (Lipinski definition) is 1. The van der Waals surface area contributed by atoms with E-state index in [1.165, 1.54) is 5.56 Å². The topological polar surface area (TPSA) is 54.3 Å². The van der Waals surface area contributed by atoms with Crippen molar-refractivity contribution in [1.29, 1.82) is 0 Å². The Morgan fingerprint density at radius 1 is 1.13 bits per heavy atom. The lowest BCUT2D eigenvalue weighted by Gasteiger charge is -2.45. The van der Waals surface area contributed by atoms with Gasteiger partial charge in [-0.2, -0.15) is 0 Å². The lowest BCUT2D eigenvalue weighted by Crippen LogP contribution is -2.48. The number of fused-ring (bicyclic) bond motifs is 3. The molecule has 2 aliphatic rings. The molecule has 1 N–H and O–H groups in total. The second kappa shape index (κ2) is 7.13. The quantitative estimate of drug-likeness (QED) is 0.520. The van der Waals surface area contributed by atoms with Crippen LogP contribution in [0.3, 0.4) is 0 Å². The minimum Gasteiger partial charge on any atom is -0.340 e. The minimum absolute atomic E-state index is 0.0226. The van der Waals surface area contributed by atoms with Crippen LogP contribution in [0.5, 0.6) is 0 Å². The Bertz CT molecular complexity index is 1190. The Morgan fingerprint density at radius 2 is 1.90 bits per heavy atom. The van der Waals surface area contributed by atoms with Crippen molar-refractivity contribution in [2.24, 2.45) is 7.05 Å². The van der Waals surface area contributed by atoms with Crippen molar-refractivity contribution in [3.63, 3.8) is 0 Å². The molecule has 1 fully saturated rings. The normalized spacial score (nSPS) is 17.8. The van der Waals surface area contributed by atoms with Gasteiger partial charge in [0.05, 0.1) is 0 Å². The number of carbonyl (C=O) groups is 2. The highest BCUT2D eigenvalue weighted by molar-refractivity contribution is 9.10. The number of nitrogens with zero attached hydrogens (tertiary/aromatic N) is 2. The van der Waals surface area contributed by atoms with Crippen LogP contribution in [0.1, 0.15) is 35.3 Å². The van der Waals surface area contributed by atoms with E-state index in [1.54, 1.807) is 0 Å². The third kappa shape index (κ3) is 3.13. The highest BCUT2D eigenvalue weighted by atomic mass is 79.9. The summed E-state index contributed by atoms with van der Waals surface area (Å²) in [6, 6.07) is 13.6. The zero-order valence-corrected chi connectivity index (χ0v) is 18.9. The Morgan fingerprint density at radius 3 is 2.67 bits per heavy atom. The van der Waals surface area contributed by atoms with E-state index in [2.05, 4.69) is 27.3 Å². The Labute approximate surface area is 188 Å². The summed E-state index contributed by atoms with van der Waals surface area (Å²) in [6.07, 6.45) is 2.00. The van der Waals surface area contributed by atoms with Crippen LogP contribution in [-0.4, -0.2) is 34.4 Å². The molecule has 3 heterocycles. The van der Waals surface area contributed by atoms with Crippen LogP contribution in [0.2, 0.25) is 5.02 Å². The van der Waals surface area contributed by atoms with E-state index in [0.29, 0.717) is 30.2 Å². The van der Waals surface area contributed by atoms with E-state index in [9.17, 15) is 9.59 Å². The SMILES string of the molecule is Cn1c(C(=O)N2CCC3(CC2)CC(=O)Nc2ccc(Br)cc23)cc2cc(Cl)ccc21. The van der Waals surface area contributed by atoms with Crippen LogP contribution >= 0.6 is 27.5 Å². The lowest BCUT2D eigenvalue weighted by molar-refractivity contribution is -0.118. The number of benzene rings is 2. The van der Waals surface area contributed by atoms with Crippen LogP contribution in [0.15, 0.2) is 46.9 Å². The number of halogens is 2. The fourth-order valence-corrected chi connectivity index (χ4v) is 5.47. The maximum Gasteiger partial charge on any atom is 0.270 e. The molecule has 2 aliphatic heterocycles. The summed E-state index contributed by atoms with van der Waals surface area (Å²) in [5.41, 5.74) is 3.49. The van der Waals surface area contributed by atoms with Crippen LogP contribution in [0.25, 0.3) is 10.9 Å². The fourth-order valence-electron chi connectivity index (χ4n) is 4.93. The summed E-state index contributed by atoms with van der Waals surface area (Å²) in [7, 11) is 1.91. The molecule has 0 unspecified atom stereocenters. The van der Waals surface area contributed by atoms with E-state index in [4.69, 9.17) is 11.6 Å². The van der Waals surface area contributed by atoms with E-state index < -0.39 is 0 Å². The summed E-state index contributed by atoms with van der Waals surface area (Å²) in [5.74, 6) is 0.0737. The molecule has 1 spiro atoms. The van der Waals surface area contributed by atoms with Gasteiger partial charge >= 0.3 is 0 Å². The summed E-state index contributed by atoms with van der Waals surface area (Å²) < 4.78 is 2.93. The summed E-state index contributed by atoms with van der Waals surface area (Å²) in [4.78, 5) is 27.6. The first-order valence-electron chi connectivity index (χ1n) is 10.0. The monoisotopic (exact) mass is 485 g/mol. The van der Waals surface area contributed by atoms with E-state index in [1.807, 2.05) is 52.9 Å². The molecule has 7 heteroatoms. The van der Waals surface area contributed by atoms with Gasteiger partial charge in [-0.25, -0.2) is 0 Å². The number of aromatic nitrogens is 1. The second-order valence-corrected chi connectivity index (χ2v) is 9.63. The van der Waals surface area contributed by atoms with Gasteiger partial charge in [-0.1, -0.05) is 27.5 Å². The van der Waals surface area contributed by atoms with Gasteiger partial charge in [0.1, 0.15) is 5.69 Å². The molecular formula is C23H21BrClN3O2. The number of amides is 2. The molecule has 0 aliphatic carbocycles. The Balaban J connectivity index is 1.42. The van der Waals surface area contributed by atoms with Gasteiger partial charge in [0.25, 0.3) is 5.91 Å². The van der Waals surface area contributed by atoms with Gasteiger partial charge in [-0.3, -0.25) is 9.59 Å². The average molecular weight is 487 g/mol. The molecule has 2 amide bonds. The van der Waals surface area contributed by atoms with E-state index >= 15 is 0 Å². The number of hydrogen-bond acceptors (Lipinski definition) is 2. The van der Waals surface area contributed by atoms with E-state index in [-0.39, 0.29) is 17.2 Å². The molecule has 1 aromatic heterocycles. The predicted octanol–water partition coefficient (Wildman–Crippen LogP) is 5.11. The zero-order valence-electron chi connectivity index (χ0n) is 16.5. The lowest BCUT2D eigenvalue weighted by atomic mass is 9.68. The van der Waals surface area contributed by atoms with Crippen molar-refractivity contribution < 1.29 is 9.59 Å². The average Bonchev–Trinajstić information content (AvgIpc) is 3.04. The van der Waals surface area contributed by atoms with Gasteiger partial charge in [0, 0.05) is 58.1 Å². The first kappa shape index (κ1) is 19.6. The Kier molecular flexibility index (Phi) is 4.67. The molecule has 5 nitrogen and oxygen atoms in total. The molecular weight excluding hydrogens is 466 g/mol. The first-order chi connectivity index (χ1) is 14.4. The summed E-state index contributed by atoms with van der Waals surface area (Å²) >= 11 is 9.68. The summed E-state index contributed by atoms with van der Waals surface area (Å²) in [5, 5.41) is 4.61. The molecule has 0 bridgehead atoms. The molecule has 5 rings (SSSR count). The van der Waals surface area contributed by atoms with Crippen molar-refractivity contribution in [2.45, 2.75) is 24.7 Å². The van der Waals surface area contributed by atoms with Gasteiger partial charge in [-0.05, 0) is 60.9 Å². The van der Waals surface area contributed by atoms with Gasteiger partial charge in [0.15, 0.2) is 0 Å². The van der Waals surface area contributed by atoms with Crippen molar-refractivity contribution in [2.75, 3.05) is 18.4 Å². The summed E-state index contributed by atoms with van der Waals surface area (Å²) in [6.45, 7) is 1.25. The highest BCUT2D eigenvalue weighted by Crippen LogP contribution is 2.46. The van der Waals surface area contributed by atoms with Crippen LogP contribution in [-0.2, 0) is 17.3 Å². The van der Waals surface area contributed by atoms with Crippen molar-refractivity contribution in [1.82, 2.24) is 9.47 Å². The Hall–Kier alpha value is -2.31. The van der Waals surface area contributed by atoms with Gasteiger partial charge < -0.3 is 14.8 Å². The largest absolute Gasteiger partial charge is 0.340 e. The highest BCUT2D eigenvalue weighted by Gasteiger charge is 2.43. The van der Waals surface area contributed by atoms with Crippen LogP contribution in [0.4, 0.5) is 5.69 Å². The maximum atomic E-state index is 13.3. The molecule has 1 saturated heterocycles. The molecule has 0 atom stereocenters. The zero-order chi connectivity index (χ0) is 21.0. The minimum atomic E-state index is -0.218. The van der Waals surface area contributed by atoms with Crippen molar-refractivity contribution >= 4 is 55.9 Å². The number of aryl methyl sites for hydroxylation is 1. The third-order valence-electron chi connectivity index (χ3n) is 6.56. The molecule has 2 aromatic carbocycles. The number of anilines is 1. The molecule has 3 aromatic rings. The number of carbonyl (C=O) groups excluding carboxylic acids is 2. The standard InChI is InChI=1S/C23H21BrClN3O2/c1-27-19-5-3-16(25)10-14(19)11-20(27)22(30)28-8-6-23(7-9-28)13-21(29)26-18-4-2-15(24)12-17(18)23/h2-5,10-12H,6-9,13H2,1H3,(H,26,29). The number of rotatable bonds is 1. The fraction of sp³-hybridized carbons (Fsp3) is 0.304. The van der Waals surface area contributed by atoms with Crippen molar-refractivity contribution in [3.8, 4) is 0 Å². The number of likely N-dealkylation sites (tertiary alicyclic amines) is 1. The first-order valence-corrected chi connectivity index (χ1v) is 11.2. The second-order valence-electron chi connectivity index (χ2n) is 8.28.